The second-order valence-corrected chi connectivity index (χ2v) is 7.51. The first-order valence-corrected chi connectivity index (χ1v) is 8.01. The van der Waals surface area contributed by atoms with Crippen molar-refractivity contribution in [2.24, 2.45) is 17.8 Å². The Balaban J connectivity index is 1.62. The summed E-state index contributed by atoms with van der Waals surface area (Å²) in [4.78, 5) is 15.7. The smallest absolute Gasteiger partial charge is 0.335 e. The number of aryl methyl sites for hydroxylation is 1. The van der Waals surface area contributed by atoms with Crippen molar-refractivity contribution in [2.45, 2.75) is 51.0 Å². The molecule has 4 heteroatoms. The van der Waals surface area contributed by atoms with Gasteiger partial charge in [-0.1, -0.05) is 0 Å². The fourth-order valence-corrected chi connectivity index (χ4v) is 5.39. The van der Waals surface area contributed by atoms with E-state index < -0.39 is 5.97 Å². The van der Waals surface area contributed by atoms with E-state index in [1.807, 2.05) is 6.92 Å². The number of aromatic carboxylic acids is 1. The van der Waals surface area contributed by atoms with Crippen LogP contribution >= 0.6 is 0 Å². The van der Waals surface area contributed by atoms with E-state index in [4.69, 9.17) is 0 Å². The third kappa shape index (κ3) is 2.30. The maximum atomic E-state index is 11.2. The van der Waals surface area contributed by atoms with Gasteiger partial charge in [0, 0.05) is 11.2 Å². The molecular formula is C17H22N2O2. The number of anilines is 1. The van der Waals surface area contributed by atoms with Gasteiger partial charge in [-0.2, -0.15) is 0 Å². The molecule has 0 spiro atoms. The standard InChI is InChI=1S/C17H22N2O2/c1-10-2-14(16(20)21)6-15(18-10)19-17-7-11-3-12(8-17)5-13(4-11)9-17/h2,6,11-13H,3-5,7-9H2,1H3,(H,18,19)(H,20,21). The van der Waals surface area contributed by atoms with Crippen LogP contribution in [-0.4, -0.2) is 21.6 Å². The lowest BCUT2D eigenvalue weighted by atomic mass is 9.53. The van der Waals surface area contributed by atoms with E-state index >= 15 is 0 Å². The maximum absolute atomic E-state index is 11.2. The molecule has 0 aliphatic heterocycles. The molecule has 1 aromatic heterocycles. The number of carboxylic acids is 1. The second-order valence-electron chi connectivity index (χ2n) is 7.51. The van der Waals surface area contributed by atoms with Gasteiger partial charge in [0.05, 0.1) is 5.56 Å². The van der Waals surface area contributed by atoms with Crippen LogP contribution in [0.5, 0.6) is 0 Å². The van der Waals surface area contributed by atoms with E-state index in [1.165, 1.54) is 38.5 Å². The van der Waals surface area contributed by atoms with Crippen LogP contribution in [0.4, 0.5) is 5.82 Å². The lowest BCUT2D eigenvalue weighted by Gasteiger charge is -2.57. The van der Waals surface area contributed by atoms with E-state index in [0.29, 0.717) is 5.56 Å². The number of hydrogen-bond donors (Lipinski definition) is 2. The third-order valence-corrected chi connectivity index (χ3v) is 5.63. The summed E-state index contributed by atoms with van der Waals surface area (Å²) in [6.07, 6.45) is 7.92. The van der Waals surface area contributed by atoms with E-state index in [-0.39, 0.29) is 5.54 Å². The molecule has 0 radical (unpaired) electrons. The van der Waals surface area contributed by atoms with E-state index in [0.717, 1.165) is 29.3 Å². The van der Waals surface area contributed by atoms with Crippen LogP contribution in [-0.2, 0) is 0 Å². The van der Waals surface area contributed by atoms with Crippen molar-refractivity contribution in [2.75, 3.05) is 5.32 Å². The Kier molecular flexibility index (Phi) is 2.78. The summed E-state index contributed by atoms with van der Waals surface area (Å²) in [5.74, 6) is 2.47. The molecule has 4 aliphatic rings. The average molecular weight is 286 g/mol. The molecule has 5 rings (SSSR count). The quantitative estimate of drug-likeness (QED) is 0.893. The van der Waals surface area contributed by atoms with Crippen LogP contribution in [0.2, 0.25) is 0 Å². The van der Waals surface area contributed by atoms with Crippen LogP contribution in [0.3, 0.4) is 0 Å². The van der Waals surface area contributed by atoms with Gasteiger partial charge in [-0.05, 0) is 75.3 Å². The Bertz CT molecular complexity index is 561. The van der Waals surface area contributed by atoms with E-state index in [1.54, 1.807) is 12.1 Å². The Morgan fingerprint density at radius 3 is 2.29 bits per heavy atom. The Morgan fingerprint density at radius 2 is 1.76 bits per heavy atom. The molecule has 4 bridgehead atoms. The van der Waals surface area contributed by atoms with Gasteiger partial charge >= 0.3 is 5.97 Å². The van der Waals surface area contributed by atoms with Crippen LogP contribution in [0.1, 0.15) is 54.6 Å². The lowest BCUT2D eigenvalue weighted by Crippen LogP contribution is -2.54. The monoisotopic (exact) mass is 286 g/mol. The zero-order valence-corrected chi connectivity index (χ0v) is 12.4. The average Bonchev–Trinajstić information content (AvgIpc) is 2.35. The number of hydrogen-bond acceptors (Lipinski definition) is 3. The fourth-order valence-electron chi connectivity index (χ4n) is 5.39. The Labute approximate surface area is 125 Å². The first kappa shape index (κ1) is 13.1. The molecule has 1 aromatic rings. The largest absolute Gasteiger partial charge is 0.478 e. The number of carbonyl (C=O) groups is 1. The normalized spacial score (nSPS) is 36.7. The molecular weight excluding hydrogens is 264 g/mol. The molecule has 0 atom stereocenters. The Morgan fingerprint density at radius 1 is 1.19 bits per heavy atom. The van der Waals surface area contributed by atoms with Gasteiger partial charge in [0.25, 0.3) is 0 Å². The van der Waals surface area contributed by atoms with Crippen LogP contribution in [0, 0.1) is 24.7 Å². The molecule has 0 aromatic carbocycles. The van der Waals surface area contributed by atoms with Crippen molar-refractivity contribution >= 4 is 11.8 Å². The van der Waals surface area contributed by atoms with Gasteiger partial charge in [-0.25, -0.2) is 9.78 Å². The number of rotatable bonds is 3. The predicted octanol–water partition coefficient (Wildman–Crippen LogP) is 3.47. The molecule has 0 unspecified atom stereocenters. The highest BCUT2D eigenvalue weighted by atomic mass is 16.4. The highest BCUT2D eigenvalue weighted by Gasteiger charge is 2.51. The molecule has 4 aliphatic carbocycles. The number of nitrogens with one attached hydrogen (secondary N) is 1. The van der Waals surface area contributed by atoms with Gasteiger partial charge in [0.1, 0.15) is 5.82 Å². The van der Waals surface area contributed by atoms with Crippen molar-refractivity contribution in [1.82, 2.24) is 4.98 Å². The first-order valence-electron chi connectivity index (χ1n) is 8.01. The minimum Gasteiger partial charge on any atom is -0.478 e. The summed E-state index contributed by atoms with van der Waals surface area (Å²) in [5, 5.41) is 12.9. The molecule has 0 amide bonds. The zero-order chi connectivity index (χ0) is 14.6. The molecule has 1 heterocycles. The summed E-state index contributed by atoms with van der Waals surface area (Å²) < 4.78 is 0. The molecule has 112 valence electrons. The van der Waals surface area contributed by atoms with E-state index in [9.17, 15) is 9.90 Å². The van der Waals surface area contributed by atoms with Gasteiger partial charge < -0.3 is 10.4 Å². The minimum absolute atomic E-state index is 0.172. The highest BCUT2D eigenvalue weighted by molar-refractivity contribution is 5.88. The molecule has 4 fully saturated rings. The number of pyridine rings is 1. The van der Waals surface area contributed by atoms with Crippen LogP contribution in [0.15, 0.2) is 12.1 Å². The van der Waals surface area contributed by atoms with Gasteiger partial charge in [0.15, 0.2) is 0 Å². The van der Waals surface area contributed by atoms with Crippen molar-refractivity contribution in [3.63, 3.8) is 0 Å². The topological polar surface area (TPSA) is 62.2 Å². The van der Waals surface area contributed by atoms with Crippen molar-refractivity contribution in [1.29, 1.82) is 0 Å². The minimum atomic E-state index is -0.880. The van der Waals surface area contributed by atoms with Crippen LogP contribution in [0.25, 0.3) is 0 Å². The summed E-state index contributed by atoms with van der Waals surface area (Å²) in [7, 11) is 0. The van der Waals surface area contributed by atoms with Crippen LogP contribution < -0.4 is 5.32 Å². The molecule has 4 nitrogen and oxygen atoms in total. The first-order chi connectivity index (χ1) is 10.0. The summed E-state index contributed by atoms with van der Waals surface area (Å²) in [5.41, 5.74) is 1.27. The van der Waals surface area contributed by atoms with Gasteiger partial charge in [-0.15, -0.1) is 0 Å². The number of carboxylic acid groups (broad SMARTS) is 1. The van der Waals surface area contributed by atoms with E-state index in [2.05, 4.69) is 10.3 Å². The molecule has 2 N–H and O–H groups in total. The molecule has 21 heavy (non-hydrogen) atoms. The van der Waals surface area contributed by atoms with Gasteiger partial charge in [0.2, 0.25) is 0 Å². The predicted molar refractivity (Wildman–Crippen MR) is 80.5 cm³/mol. The highest BCUT2D eigenvalue weighted by Crippen LogP contribution is 2.56. The van der Waals surface area contributed by atoms with Crippen molar-refractivity contribution in [3.05, 3.63) is 23.4 Å². The maximum Gasteiger partial charge on any atom is 0.335 e. The SMILES string of the molecule is Cc1cc(C(=O)O)cc(NC23CC4CC(CC(C4)C2)C3)n1. The fraction of sp³-hybridized carbons (Fsp3) is 0.647. The summed E-state index contributed by atoms with van der Waals surface area (Å²) >= 11 is 0. The Hall–Kier alpha value is -1.58. The molecule has 4 saturated carbocycles. The second kappa shape index (κ2) is 4.46. The summed E-state index contributed by atoms with van der Waals surface area (Å²) in [6, 6.07) is 3.32. The summed E-state index contributed by atoms with van der Waals surface area (Å²) in [6.45, 7) is 1.86. The van der Waals surface area contributed by atoms with Crippen molar-refractivity contribution < 1.29 is 9.90 Å². The number of aromatic nitrogens is 1. The lowest BCUT2D eigenvalue weighted by molar-refractivity contribution is 0.0105. The zero-order valence-electron chi connectivity index (χ0n) is 12.4. The molecule has 0 saturated heterocycles. The van der Waals surface area contributed by atoms with Gasteiger partial charge in [-0.3, -0.25) is 0 Å². The number of nitrogens with zero attached hydrogens (tertiary/aromatic N) is 1. The third-order valence-electron chi connectivity index (χ3n) is 5.63. The van der Waals surface area contributed by atoms with Crippen molar-refractivity contribution in [3.8, 4) is 0 Å².